The molecule has 0 aliphatic heterocycles. The van der Waals surface area contributed by atoms with Crippen LogP contribution in [0.25, 0.3) is 5.57 Å². The first-order valence-electron chi connectivity index (χ1n) is 8.74. The van der Waals surface area contributed by atoms with E-state index >= 15 is 0 Å². The third kappa shape index (κ3) is 5.04. The summed E-state index contributed by atoms with van der Waals surface area (Å²) in [7, 11) is 0. The molecule has 2 aliphatic rings. The lowest BCUT2D eigenvalue weighted by molar-refractivity contribution is 0.163. The molecule has 2 aromatic heterocycles. The summed E-state index contributed by atoms with van der Waals surface area (Å²) in [4.78, 5) is 8.06. The van der Waals surface area contributed by atoms with Gasteiger partial charge in [-0.25, -0.2) is 9.97 Å². The van der Waals surface area contributed by atoms with E-state index in [-0.39, 0.29) is 12.0 Å². The van der Waals surface area contributed by atoms with Gasteiger partial charge in [0.1, 0.15) is 10.3 Å². The van der Waals surface area contributed by atoms with Gasteiger partial charge in [-0.1, -0.05) is 47.8 Å². The summed E-state index contributed by atoms with van der Waals surface area (Å²) < 4.78 is 0. The molecular formula is C20H22Cl2N2O. The predicted octanol–water partition coefficient (Wildman–Crippen LogP) is 5.67. The van der Waals surface area contributed by atoms with Gasteiger partial charge in [0.05, 0.1) is 6.10 Å². The van der Waals surface area contributed by atoms with Crippen LogP contribution in [0.2, 0.25) is 10.3 Å². The summed E-state index contributed by atoms with van der Waals surface area (Å²) >= 11 is 11.4. The molecule has 0 spiro atoms. The van der Waals surface area contributed by atoms with E-state index < -0.39 is 0 Å². The van der Waals surface area contributed by atoms with Crippen molar-refractivity contribution >= 4 is 28.8 Å². The number of aliphatic hydroxyl groups is 1. The molecule has 0 aromatic carbocycles. The normalized spacial score (nSPS) is 22.3. The van der Waals surface area contributed by atoms with E-state index in [4.69, 9.17) is 23.2 Å². The Labute approximate surface area is 158 Å². The lowest BCUT2D eigenvalue weighted by Crippen LogP contribution is -2.10. The maximum absolute atomic E-state index is 9.65. The predicted molar refractivity (Wildman–Crippen MR) is 103 cm³/mol. The average Bonchev–Trinajstić information content (AvgIpc) is 3.29. The minimum absolute atomic E-state index is 0.192. The summed E-state index contributed by atoms with van der Waals surface area (Å²) in [6, 6.07) is 7.61. The molecule has 2 heterocycles. The number of allylic oxidation sites excluding steroid dienone is 2. The van der Waals surface area contributed by atoms with Crippen LogP contribution in [0.4, 0.5) is 0 Å². The number of aliphatic hydroxyl groups excluding tert-OH is 1. The Morgan fingerprint density at radius 1 is 0.920 bits per heavy atom. The summed E-state index contributed by atoms with van der Waals surface area (Å²) in [6.45, 7) is 0. The van der Waals surface area contributed by atoms with Crippen LogP contribution in [0.15, 0.2) is 42.7 Å². The molecule has 1 N–H and O–H groups in total. The van der Waals surface area contributed by atoms with Gasteiger partial charge in [-0.3, -0.25) is 0 Å². The number of halogens is 2. The molecule has 0 bridgehead atoms. The molecule has 5 heteroatoms. The number of nitrogens with zero attached hydrogens (tertiary/aromatic N) is 2. The molecule has 0 radical (unpaired) electrons. The van der Waals surface area contributed by atoms with Crippen LogP contribution in [0.1, 0.15) is 55.6 Å². The van der Waals surface area contributed by atoms with Crippen LogP contribution in [0.5, 0.6) is 0 Å². The molecule has 0 amide bonds. The van der Waals surface area contributed by atoms with Crippen molar-refractivity contribution in [2.45, 2.75) is 50.5 Å². The number of pyridine rings is 2. The fourth-order valence-corrected chi connectivity index (χ4v) is 3.66. The second kappa shape index (κ2) is 8.79. The minimum atomic E-state index is -0.192. The summed E-state index contributed by atoms with van der Waals surface area (Å²) in [5, 5.41) is 10.7. The molecule has 2 aromatic rings. The molecule has 1 fully saturated rings. The Bertz CT molecular complexity index is 713. The van der Waals surface area contributed by atoms with E-state index in [1.54, 1.807) is 12.3 Å². The van der Waals surface area contributed by atoms with Crippen molar-refractivity contribution in [3.63, 3.8) is 0 Å². The maximum atomic E-state index is 9.65. The minimum Gasteiger partial charge on any atom is -0.392 e. The molecule has 2 aliphatic carbocycles. The molecule has 0 saturated heterocycles. The van der Waals surface area contributed by atoms with Gasteiger partial charge in [0, 0.05) is 18.3 Å². The number of hydrogen-bond donors (Lipinski definition) is 1. The van der Waals surface area contributed by atoms with Gasteiger partial charge < -0.3 is 5.11 Å². The molecule has 1 saturated carbocycles. The van der Waals surface area contributed by atoms with Crippen molar-refractivity contribution in [2.75, 3.05) is 0 Å². The Hall–Kier alpha value is -1.42. The van der Waals surface area contributed by atoms with E-state index in [1.165, 1.54) is 30.4 Å². The lowest BCUT2D eigenvalue weighted by atomic mass is 9.98. The summed E-state index contributed by atoms with van der Waals surface area (Å²) in [5.74, 6) is 0.268. The smallest absolute Gasteiger partial charge is 0.129 e. The van der Waals surface area contributed by atoms with E-state index in [0.29, 0.717) is 10.3 Å². The zero-order valence-electron chi connectivity index (χ0n) is 14.0. The first-order chi connectivity index (χ1) is 12.1. The van der Waals surface area contributed by atoms with Crippen molar-refractivity contribution in [1.82, 2.24) is 9.97 Å². The Balaban J connectivity index is 0.000000146. The zero-order chi connectivity index (χ0) is 17.6. The van der Waals surface area contributed by atoms with Crippen LogP contribution in [0, 0.1) is 0 Å². The van der Waals surface area contributed by atoms with Gasteiger partial charge in [0.2, 0.25) is 0 Å². The molecule has 2 atom stereocenters. The van der Waals surface area contributed by atoms with Crippen molar-refractivity contribution in [1.29, 1.82) is 0 Å². The van der Waals surface area contributed by atoms with Crippen LogP contribution >= 0.6 is 23.2 Å². The molecular weight excluding hydrogens is 355 g/mol. The lowest BCUT2D eigenvalue weighted by Gasteiger charge is -2.13. The third-order valence-electron chi connectivity index (χ3n) is 4.80. The molecule has 25 heavy (non-hydrogen) atoms. The highest BCUT2D eigenvalue weighted by atomic mass is 35.5. The molecule has 132 valence electrons. The highest BCUT2D eigenvalue weighted by molar-refractivity contribution is 6.29. The molecule has 3 nitrogen and oxygen atoms in total. The van der Waals surface area contributed by atoms with Gasteiger partial charge in [-0.2, -0.15) is 0 Å². The Morgan fingerprint density at radius 3 is 2.20 bits per heavy atom. The largest absolute Gasteiger partial charge is 0.392 e. The van der Waals surface area contributed by atoms with Crippen LogP contribution in [-0.2, 0) is 0 Å². The number of rotatable bonds is 2. The SMILES string of the molecule is Clc1ccc(C2=CCCC2)cn1.OC1CCCC1c1ccc(Cl)nc1. The van der Waals surface area contributed by atoms with Gasteiger partial charge in [0.25, 0.3) is 0 Å². The van der Waals surface area contributed by atoms with Crippen molar-refractivity contribution in [3.05, 3.63) is 64.2 Å². The van der Waals surface area contributed by atoms with Gasteiger partial charge in [-0.05, 0) is 60.9 Å². The van der Waals surface area contributed by atoms with E-state index in [9.17, 15) is 5.11 Å². The van der Waals surface area contributed by atoms with Gasteiger partial charge in [-0.15, -0.1) is 0 Å². The number of hydrogen-bond acceptors (Lipinski definition) is 3. The van der Waals surface area contributed by atoms with Crippen molar-refractivity contribution in [2.24, 2.45) is 0 Å². The van der Waals surface area contributed by atoms with E-state index in [2.05, 4.69) is 16.0 Å². The molecule has 4 rings (SSSR count). The second-order valence-electron chi connectivity index (χ2n) is 6.51. The van der Waals surface area contributed by atoms with E-state index in [0.717, 1.165) is 24.8 Å². The summed E-state index contributed by atoms with van der Waals surface area (Å²) in [6.07, 6.45) is 12.4. The second-order valence-corrected chi connectivity index (χ2v) is 7.28. The fourth-order valence-electron chi connectivity index (χ4n) is 3.43. The highest BCUT2D eigenvalue weighted by Gasteiger charge is 2.26. The first kappa shape index (κ1) is 18.4. The average molecular weight is 377 g/mol. The third-order valence-corrected chi connectivity index (χ3v) is 5.24. The standard InChI is InChI=1S/C10H12ClNO.C10H10ClN/c11-10-5-4-7(6-12-10)8-2-1-3-9(8)13;11-10-6-5-9(7-12-10)8-3-1-2-4-8/h4-6,8-9,13H,1-3H2;3,5-7H,1-2,4H2. The van der Waals surface area contributed by atoms with Crippen molar-refractivity contribution in [3.8, 4) is 0 Å². The first-order valence-corrected chi connectivity index (χ1v) is 9.49. The van der Waals surface area contributed by atoms with E-state index in [1.807, 2.05) is 24.4 Å². The van der Waals surface area contributed by atoms with Crippen LogP contribution in [0.3, 0.4) is 0 Å². The monoisotopic (exact) mass is 376 g/mol. The Kier molecular flexibility index (Phi) is 6.46. The zero-order valence-corrected chi connectivity index (χ0v) is 15.5. The topological polar surface area (TPSA) is 46.0 Å². The van der Waals surface area contributed by atoms with Gasteiger partial charge in [0.15, 0.2) is 0 Å². The summed E-state index contributed by atoms with van der Waals surface area (Å²) in [5.41, 5.74) is 3.74. The maximum Gasteiger partial charge on any atom is 0.129 e. The fraction of sp³-hybridized carbons (Fsp3) is 0.400. The Morgan fingerprint density at radius 2 is 1.68 bits per heavy atom. The van der Waals surface area contributed by atoms with Crippen LogP contribution in [-0.4, -0.2) is 21.2 Å². The quantitative estimate of drug-likeness (QED) is 0.687. The number of aromatic nitrogens is 2. The van der Waals surface area contributed by atoms with Crippen LogP contribution < -0.4 is 0 Å². The highest BCUT2D eigenvalue weighted by Crippen LogP contribution is 2.34. The van der Waals surface area contributed by atoms with Crippen molar-refractivity contribution < 1.29 is 5.11 Å². The van der Waals surface area contributed by atoms with Gasteiger partial charge >= 0.3 is 0 Å². The molecule has 2 unspecified atom stereocenters.